The highest BCUT2D eigenvalue weighted by molar-refractivity contribution is 9.11. The van der Waals surface area contributed by atoms with Gasteiger partial charge in [0.25, 0.3) is 5.91 Å². The van der Waals surface area contributed by atoms with Gasteiger partial charge in [0.2, 0.25) is 0 Å². The van der Waals surface area contributed by atoms with Crippen molar-refractivity contribution in [1.29, 1.82) is 0 Å². The van der Waals surface area contributed by atoms with Gasteiger partial charge in [0, 0.05) is 10.4 Å². The van der Waals surface area contributed by atoms with Crippen LogP contribution < -0.4 is 5.32 Å². The molecule has 1 aromatic heterocycles. The van der Waals surface area contributed by atoms with Crippen molar-refractivity contribution in [3.63, 3.8) is 0 Å². The molecule has 0 aliphatic carbocycles. The van der Waals surface area contributed by atoms with E-state index in [9.17, 15) is 9.90 Å². The van der Waals surface area contributed by atoms with E-state index in [1.54, 1.807) is 23.5 Å². The van der Waals surface area contributed by atoms with Crippen molar-refractivity contribution in [3.8, 4) is 5.75 Å². The first-order valence-electron chi connectivity index (χ1n) is 4.96. The van der Waals surface area contributed by atoms with Crippen molar-refractivity contribution in [2.45, 2.75) is 6.54 Å². The molecule has 2 aromatic rings. The van der Waals surface area contributed by atoms with Gasteiger partial charge in [0.15, 0.2) is 0 Å². The van der Waals surface area contributed by atoms with Gasteiger partial charge in [-0.25, -0.2) is 0 Å². The van der Waals surface area contributed by atoms with Crippen LogP contribution in [0.25, 0.3) is 0 Å². The summed E-state index contributed by atoms with van der Waals surface area (Å²) in [6.07, 6.45) is 0. The van der Waals surface area contributed by atoms with Crippen molar-refractivity contribution in [1.82, 2.24) is 5.32 Å². The van der Waals surface area contributed by atoms with E-state index in [1.807, 2.05) is 12.1 Å². The van der Waals surface area contributed by atoms with Crippen LogP contribution in [0.5, 0.6) is 5.75 Å². The monoisotopic (exact) mass is 311 g/mol. The quantitative estimate of drug-likeness (QED) is 0.915. The lowest BCUT2D eigenvalue weighted by Gasteiger charge is -2.03. The molecule has 0 aliphatic heterocycles. The van der Waals surface area contributed by atoms with Gasteiger partial charge in [0.1, 0.15) is 5.75 Å². The minimum Gasteiger partial charge on any atom is -0.508 e. The third kappa shape index (κ3) is 3.31. The molecule has 0 atom stereocenters. The highest BCUT2D eigenvalue weighted by atomic mass is 79.9. The van der Waals surface area contributed by atoms with Gasteiger partial charge in [-0.15, -0.1) is 11.3 Å². The maximum atomic E-state index is 11.7. The molecule has 0 bridgehead atoms. The van der Waals surface area contributed by atoms with E-state index in [-0.39, 0.29) is 11.7 Å². The molecular weight excluding hydrogens is 302 g/mol. The van der Waals surface area contributed by atoms with Crippen LogP contribution in [0.1, 0.15) is 15.2 Å². The predicted octanol–water partition coefficient (Wildman–Crippen LogP) is 3.15. The summed E-state index contributed by atoms with van der Waals surface area (Å²) in [4.78, 5) is 12.8. The highest BCUT2D eigenvalue weighted by Gasteiger charge is 2.06. The van der Waals surface area contributed by atoms with Crippen LogP contribution in [0.4, 0.5) is 0 Å². The first-order valence-corrected chi connectivity index (χ1v) is 6.57. The summed E-state index contributed by atoms with van der Waals surface area (Å²) in [5, 5.41) is 12.1. The van der Waals surface area contributed by atoms with Gasteiger partial charge in [0.05, 0.1) is 10.3 Å². The average Bonchev–Trinajstić information content (AvgIpc) is 2.72. The van der Waals surface area contributed by atoms with E-state index in [2.05, 4.69) is 21.2 Å². The molecule has 0 spiro atoms. The van der Waals surface area contributed by atoms with Crippen molar-refractivity contribution >= 4 is 33.2 Å². The number of benzene rings is 1. The molecule has 0 unspecified atom stereocenters. The fraction of sp³-hybridized carbons (Fsp3) is 0.0833. The summed E-state index contributed by atoms with van der Waals surface area (Å²) in [6.45, 7) is 0.491. The Labute approximate surface area is 111 Å². The smallest absolute Gasteiger partial charge is 0.251 e. The number of hydrogen-bond donors (Lipinski definition) is 2. The van der Waals surface area contributed by atoms with Crippen molar-refractivity contribution < 1.29 is 9.90 Å². The lowest BCUT2D eigenvalue weighted by molar-refractivity contribution is 0.0951. The third-order valence-corrected chi connectivity index (χ3v) is 3.78. The SMILES string of the molecule is O=C(NCc1ccc(Br)s1)c1cccc(O)c1. The summed E-state index contributed by atoms with van der Waals surface area (Å²) >= 11 is 4.95. The van der Waals surface area contributed by atoms with Gasteiger partial charge in [-0.2, -0.15) is 0 Å². The third-order valence-electron chi connectivity index (χ3n) is 2.16. The fourth-order valence-electron chi connectivity index (χ4n) is 1.36. The van der Waals surface area contributed by atoms with Crippen LogP contribution in [0, 0.1) is 0 Å². The summed E-state index contributed by atoms with van der Waals surface area (Å²) in [5.41, 5.74) is 0.459. The minimum absolute atomic E-state index is 0.0940. The van der Waals surface area contributed by atoms with E-state index < -0.39 is 0 Å². The number of aromatic hydroxyl groups is 1. The molecule has 1 heterocycles. The van der Waals surface area contributed by atoms with E-state index >= 15 is 0 Å². The molecule has 5 heteroatoms. The maximum Gasteiger partial charge on any atom is 0.251 e. The molecule has 3 nitrogen and oxygen atoms in total. The fourth-order valence-corrected chi connectivity index (χ4v) is 2.79. The molecule has 0 radical (unpaired) electrons. The molecule has 1 aromatic carbocycles. The average molecular weight is 312 g/mol. The summed E-state index contributed by atoms with van der Waals surface area (Å²) in [5.74, 6) is -0.0954. The number of nitrogens with one attached hydrogen (secondary N) is 1. The van der Waals surface area contributed by atoms with Crippen LogP contribution in [-0.2, 0) is 6.54 Å². The largest absolute Gasteiger partial charge is 0.508 e. The maximum absolute atomic E-state index is 11.7. The Morgan fingerprint density at radius 2 is 2.18 bits per heavy atom. The van der Waals surface area contributed by atoms with Crippen LogP contribution in [0.2, 0.25) is 0 Å². The Morgan fingerprint density at radius 3 is 2.82 bits per heavy atom. The van der Waals surface area contributed by atoms with Crippen molar-refractivity contribution in [2.75, 3.05) is 0 Å². The second-order valence-corrected chi connectivity index (χ2v) is 5.99. The Morgan fingerprint density at radius 1 is 1.35 bits per heavy atom. The van der Waals surface area contributed by atoms with E-state index in [4.69, 9.17) is 0 Å². The molecule has 0 saturated carbocycles. The number of halogens is 1. The van der Waals surface area contributed by atoms with Gasteiger partial charge in [-0.05, 0) is 46.3 Å². The number of rotatable bonds is 3. The zero-order chi connectivity index (χ0) is 12.3. The van der Waals surface area contributed by atoms with Gasteiger partial charge < -0.3 is 10.4 Å². The second-order valence-electron chi connectivity index (χ2n) is 3.44. The lowest BCUT2D eigenvalue weighted by atomic mass is 10.2. The lowest BCUT2D eigenvalue weighted by Crippen LogP contribution is -2.22. The number of hydrogen-bond acceptors (Lipinski definition) is 3. The van der Waals surface area contributed by atoms with Gasteiger partial charge in [-0.1, -0.05) is 6.07 Å². The van der Waals surface area contributed by atoms with Crippen LogP contribution in [-0.4, -0.2) is 11.0 Å². The Bertz CT molecular complexity index is 539. The Hall–Kier alpha value is -1.33. The number of phenols is 1. The zero-order valence-electron chi connectivity index (χ0n) is 8.81. The van der Waals surface area contributed by atoms with Crippen LogP contribution >= 0.6 is 27.3 Å². The highest BCUT2D eigenvalue weighted by Crippen LogP contribution is 2.21. The molecule has 0 aliphatic rings. The number of amides is 1. The molecule has 0 saturated heterocycles. The first-order chi connectivity index (χ1) is 8.15. The Kier molecular flexibility index (Phi) is 3.81. The second kappa shape index (κ2) is 5.33. The first kappa shape index (κ1) is 12.1. The molecule has 2 N–H and O–H groups in total. The van der Waals surface area contributed by atoms with Crippen molar-refractivity contribution in [2.24, 2.45) is 0 Å². The van der Waals surface area contributed by atoms with Crippen LogP contribution in [0.3, 0.4) is 0 Å². The Balaban J connectivity index is 1.98. The molecule has 2 rings (SSSR count). The minimum atomic E-state index is -0.189. The number of carbonyl (C=O) groups excluding carboxylic acids is 1. The summed E-state index contributed by atoms with van der Waals surface area (Å²) < 4.78 is 1.04. The molecule has 1 amide bonds. The number of carbonyl (C=O) groups is 1. The zero-order valence-corrected chi connectivity index (χ0v) is 11.2. The summed E-state index contributed by atoms with van der Waals surface area (Å²) in [7, 11) is 0. The van der Waals surface area contributed by atoms with Gasteiger partial charge >= 0.3 is 0 Å². The molecular formula is C12H10BrNO2S. The topological polar surface area (TPSA) is 49.3 Å². The number of thiophene rings is 1. The molecule has 88 valence electrons. The van der Waals surface area contributed by atoms with E-state index in [0.29, 0.717) is 12.1 Å². The van der Waals surface area contributed by atoms with Crippen LogP contribution in [0.15, 0.2) is 40.2 Å². The predicted molar refractivity (Wildman–Crippen MR) is 71.3 cm³/mol. The summed E-state index contributed by atoms with van der Waals surface area (Å²) in [6, 6.07) is 10.2. The van der Waals surface area contributed by atoms with Crippen molar-refractivity contribution in [3.05, 3.63) is 50.6 Å². The standard InChI is InChI=1S/C12H10BrNO2S/c13-11-5-4-10(17-11)7-14-12(16)8-2-1-3-9(15)6-8/h1-6,15H,7H2,(H,14,16). The van der Waals surface area contributed by atoms with E-state index in [1.165, 1.54) is 12.1 Å². The number of phenolic OH excluding ortho intramolecular Hbond substituents is 1. The van der Waals surface area contributed by atoms with Gasteiger partial charge in [-0.3, -0.25) is 4.79 Å². The normalized spacial score (nSPS) is 10.2. The molecule has 17 heavy (non-hydrogen) atoms. The molecule has 0 fully saturated rings. The van der Waals surface area contributed by atoms with E-state index in [0.717, 1.165) is 8.66 Å².